The quantitative estimate of drug-likeness (QED) is 0.396. The third-order valence-corrected chi connectivity index (χ3v) is 6.78. The number of nitrogens with zero attached hydrogens (tertiary/aromatic N) is 4. The van der Waals surface area contributed by atoms with Gasteiger partial charge in [0, 0.05) is 58.0 Å². The van der Waals surface area contributed by atoms with Gasteiger partial charge in [-0.25, -0.2) is 9.19 Å². The van der Waals surface area contributed by atoms with Crippen LogP contribution in [-0.4, -0.2) is 28.3 Å². The molecule has 0 aliphatic heterocycles. The summed E-state index contributed by atoms with van der Waals surface area (Å²) in [5, 5.41) is 6.49. The SMILES string of the molecule is Cn1nccc1-c1cc(Cl)ccc1-c1c[nH]c2cc(S(=O)Nc3ncns3)ccc12. The van der Waals surface area contributed by atoms with Gasteiger partial charge < -0.3 is 4.98 Å². The van der Waals surface area contributed by atoms with E-state index in [1.807, 2.05) is 60.4 Å². The number of fused-ring (bicyclic) bond motifs is 1. The largest absolute Gasteiger partial charge is 0.361 e. The molecule has 10 heteroatoms. The Morgan fingerprint density at radius 2 is 2.03 bits per heavy atom. The van der Waals surface area contributed by atoms with Crippen molar-refractivity contribution in [2.45, 2.75) is 4.90 Å². The molecule has 0 bridgehead atoms. The van der Waals surface area contributed by atoms with Crippen LogP contribution in [0.2, 0.25) is 5.02 Å². The highest BCUT2D eigenvalue weighted by molar-refractivity contribution is 7.86. The van der Waals surface area contributed by atoms with Crippen LogP contribution in [0.15, 0.2) is 66.1 Å². The minimum atomic E-state index is -1.43. The van der Waals surface area contributed by atoms with Crippen LogP contribution in [0.5, 0.6) is 0 Å². The fourth-order valence-corrected chi connectivity index (χ4v) is 4.98. The molecule has 2 N–H and O–H groups in total. The molecule has 150 valence electrons. The van der Waals surface area contributed by atoms with E-state index in [4.69, 9.17) is 11.6 Å². The number of hydrogen-bond acceptors (Lipinski definition) is 5. The number of rotatable bonds is 5. The topological polar surface area (TPSA) is 88.5 Å². The molecule has 0 aliphatic rings. The van der Waals surface area contributed by atoms with Crippen molar-refractivity contribution in [3.05, 3.63) is 66.2 Å². The molecular weight excluding hydrogens is 440 g/mol. The molecule has 7 nitrogen and oxygen atoms in total. The number of aromatic nitrogens is 5. The van der Waals surface area contributed by atoms with E-state index in [1.165, 1.54) is 6.33 Å². The third-order valence-electron chi connectivity index (χ3n) is 4.78. The second kappa shape index (κ2) is 7.67. The Kier molecular flexibility index (Phi) is 4.86. The Labute approximate surface area is 183 Å². The summed E-state index contributed by atoms with van der Waals surface area (Å²) in [7, 11) is 0.475. The van der Waals surface area contributed by atoms with Crippen molar-refractivity contribution in [2.75, 3.05) is 4.72 Å². The maximum atomic E-state index is 12.6. The van der Waals surface area contributed by atoms with Crippen molar-refractivity contribution in [3.63, 3.8) is 0 Å². The lowest BCUT2D eigenvalue weighted by Crippen LogP contribution is -2.04. The van der Waals surface area contributed by atoms with Crippen molar-refractivity contribution < 1.29 is 4.21 Å². The van der Waals surface area contributed by atoms with Gasteiger partial charge in [0.05, 0.1) is 10.6 Å². The van der Waals surface area contributed by atoms with E-state index in [1.54, 1.807) is 6.20 Å². The Morgan fingerprint density at radius 1 is 1.13 bits per heavy atom. The molecule has 5 aromatic rings. The van der Waals surface area contributed by atoms with E-state index >= 15 is 0 Å². The van der Waals surface area contributed by atoms with Crippen LogP contribution in [-0.2, 0) is 18.0 Å². The van der Waals surface area contributed by atoms with Gasteiger partial charge in [0.2, 0.25) is 5.13 Å². The van der Waals surface area contributed by atoms with Crippen LogP contribution in [0.4, 0.5) is 5.13 Å². The summed E-state index contributed by atoms with van der Waals surface area (Å²) in [5.74, 6) is 0. The van der Waals surface area contributed by atoms with Crippen molar-refractivity contribution in [1.82, 2.24) is 24.1 Å². The molecule has 1 atom stereocenters. The number of benzene rings is 2. The average Bonchev–Trinajstić information content (AvgIpc) is 3.48. The molecule has 5 rings (SSSR count). The zero-order chi connectivity index (χ0) is 20.7. The summed E-state index contributed by atoms with van der Waals surface area (Å²) >= 11 is 7.46. The first kappa shape index (κ1) is 19.0. The normalized spacial score (nSPS) is 12.3. The highest BCUT2D eigenvalue weighted by Gasteiger charge is 2.16. The maximum Gasteiger partial charge on any atom is 0.214 e. The van der Waals surface area contributed by atoms with Gasteiger partial charge >= 0.3 is 0 Å². The maximum absolute atomic E-state index is 12.6. The summed E-state index contributed by atoms with van der Waals surface area (Å²) < 4.78 is 21.2. The van der Waals surface area contributed by atoms with Crippen molar-refractivity contribution in [2.24, 2.45) is 7.05 Å². The Morgan fingerprint density at radius 3 is 2.80 bits per heavy atom. The lowest BCUT2D eigenvalue weighted by molar-refractivity contribution is 0.686. The van der Waals surface area contributed by atoms with Crippen molar-refractivity contribution in [3.8, 4) is 22.4 Å². The molecule has 0 aliphatic carbocycles. The zero-order valence-corrected chi connectivity index (χ0v) is 18.1. The number of aryl methyl sites for hydroxylation is 1. The van der Waals surface area contributed by atoms with Crippen molar-refractivity contribution in [1.29, 1.82) is 0 Å². The van der Waals surface area contributed by atoms with Crippen LogP contribution in [0, 0.1) is 0 Å². The summed E-state index contributed by atoms with van der Waals surface area (Å²) in [6.45, 7) is 0. The smallest absolute Gasteiger partial charge is 0.214 e. The first-order chi connectivity index (χ1) is 14.6. The zero-order valence-electron chi connectivity index (χ0n) is 15.7. The molecule has 0 radical (unpaired) electrons. The van der Waals surface area contributed by atoms with Crippen LogP contribution >= 0.6 is 23.1 Å². The monoisotopic (exact) mass is 454 g/mol. The van der Waals surface area contributed by atoms with Gasteiger partial charge in [-0.2, -0.15) is 9.47 Å². The minimum absolute atomic E-state index is 0.516. The second-order valence-electron chi connectivity index (χ2n) is 6.56. The van der Waals surface area contributed by atoms with E-state index in [2.05, 4.69) is 24.2 Å². The highest BCUT2D eigenvalue weighted by atomic mass is 35.5. The van der Waals surface area contributed by atoms with Gasteiger partial charge in [0.15, 0.2) is 11.0 Å². The van der Waals surface area contributed by atoms with E-state index in [0.717, 1.165) is 44.8 Å². The predicted octanol–water partition coefficient (Wildman–Crippen LogP) is 4.88. The molecule has 0 spiro atoms. The van der Waals surface area contributed by atoms with Crippen LogP contribution in [0.1, 0.15) is 0 Å². The number of aromatic amines is 1. The number of nitrogens with one attached hydrogen (secondary N) is 2. The van der Waals surface area contributed by atoms with Gasteiger partial charge in [-0.05, 0) is 35.9 Å². The first-order valence-corrected chi connectivity index (χ1v) is 11.2. The highest BCUT2D eigenvalue weighted by Crippen LogP contribution is 2.38. The summed E-state index contributed by atoms with van der Waals surface area (Å²) in [4.78, 5) is 7.96. The fraction of sp³-hybridized carbons (Fsp3) is 0.0500. The molecule has 0 saturated heterocycles. The molecular formula is C20H15ClN6OS2. The van der Waals surface area contributed by atoms with Gasteiger partial charge in [-0.1, -0.05) is 23.7 Å². The van der Waals surface area contributed by atoms with Crippen molar-refractivity contribution >= 4 is 50.2 Å². The fourth-order valence-electron chi connectivity index (χ4n) is 3.40. The Balaban J connectivity index is 1.57. The van der Waals surface area contributed by atoms with E-state index in [-0.39, 0.29) is 0 Å². The standard InChI is InChI=1S/C20H15ClN6OS2/c1-27-19(6-7-24-27)16-8-12(21)2-4-14(16)17-10-22-18-9-13(3-5-15(17)18)30(28)26-20-23-11-25-29-20/h2-11,22H,1H3,(H,23,25,26). The van der Waals surface area contributed by atoms with Gasteiger partial charge in [0.25, 0.3) is 0 Å². The predicted molar refractivity (Wildman–Crippen MR) is 121 cm³/mol. The third kappa shape index (κ3) is 3.41. The Hall–Kier alpha value is -3.01. The van der Waals surface area contributed by atoms with Gasteiger partial charge in [-0.3, -0.25) is 9.40 Å². The summed E-state index contributed by atoms with van der Waals surface area (Å²) in [6, 6.07) is 13.5. The van der Waals surface area contributed by atoms with Crippen LogP contribution in [0.3, 0.4) is 0 Å². The number of halogens is 1. The lowest BCUT2D eigenvalue weighted by atomic mass is 9.97. The molecule has 0 amide bonds. The number of anilines is 1. The van der Waals surface area contributed by atoms with Gasteiger partial charge in [-0.15, -0.1) is 0 Å². The van der Waals surface area contributed by atoms with Gasteiger partial charge in [0.1, 0.15) is 6.33 Å². The Bertz CT molecular complexity index is 1380. The summed E-state index contributed by atoms with van der Waals surface area (Å²) in [6.07, 6.45) is 5.15. The lowest BCUT2D eigenvalue weighted by Gasteiger charge is -2.10. The second-order valence-corrected chi connectivity index (χ2v) is 8.99. The first-order valence-electron chi connectivity index (χ1n) is 8.95. The summed E-state index contributed by atoms with van der Waals surface area (Å²) in [5.41, 5.74) is 4.93. The van der Waals surface area contributed by atoms with E-state index in [9.17, 15) is 4.21 Å². The molecule has 3 aromatic heterocycles. The molecule has 2 aromatic carbocycles. The van der Waals surface area contributed by atoms with Crippen LogP contribution < -0.4 is 4.72 Å². The minimum Gasteiger partial charge on any atom is -0.361 e. The van der Waals surface area contributed by atoms with E-state index < -0.39 is 11.0 Å². The molecule has 3 heterocycles. The van der Waals surface area contributed by atoms with Crippen LogP contribution in [0.25, 0.3) is 33.3 Å². The van der Waals surface area contributed by atoms with E-state index in [0.29, 0.717) is 15.0 Å². The number of hydrogen-bond donors (Lipinski definition) is 2. The molecule has 30 heavy (non-hydrogen) atoms. The molecule has 0 fully saturated rings. The molecule has 0 saturated carbocycles. The molecule has 1 unspecified atom stereocenters. The number of H-pyrrole nitrogens is 1. The average molecular weight is 455 g/mol.